The summed E-state index contributed by atoms with van der Waals surface area (Å²) < 4.78 is 61.0. The molecular weight excluding hydrogens is 448 g/mol. The summed E-state index contributed by atoms with van der Waals surface area (Å²) in [4.78, 5) is 2.50. The fraction of sp³-hybridized carbons (Fsp3) is 0.600. The van der Waals surface area contributed by atoms with E-state index < -0.39 is 17.6 Å². The standard InChI is InChI=1S/C25H30F4N4O/c1-15-4-5-19(26)9-21(15)23-10-22(25(27,28)29)24(32-31-23)30-20-7-17-12-33(13-18(17)8-20)11-16-3-2-6-34-14-16/h4-5,9-10,16-18,20H,2-3,6-8,11-14H2,1H3,(H,30,32)/t16-,17+,18+/m0/s1. The Morgan fingerprint density at radius 3 is 2.56 bits per heavy atom. The molecule has 0 unspecified atom stereocenters. The lowest BCUT2D eigenvalue weighted by molar-refractivity contribution is -0.137. The van der Waals surface area contributed by atoms with Crippen molar-refractivity contribution in [2.75, 3.05) is 38.2 Å². The number of hydrogen-bond donors (Lipinski definition) is 1. The molecule has 184 valence electrons. The molecule has 3 fully saturated rings. The van der Waals surface area contributed by atoms with E-state index in [-0.39, 0.29) is 17.6 Å². The number of rotatable bonds is 5. The number of hydrogen-bond acceptors (Lipinski definition) is 5. The van der Waals surface area contributed by atoms with Crippen LogP contribution in [0.5, 0.6) is 0 Å². The number of aromatic nitrogens is 2. The predicted octanol–water partition coefficient (Wildman–Crippen LogP) is 5.16. The number of fused-ring (bicyclic) bond motifs is 1. The van der Waals surface area contributed by atoms with Crippen molar-refractivity contribution in [2.45, 2.75) is 44.8 Å². The SMILES string of the molecule is Cc1ccc(F)cc1-c1cc(C(F)(F)F)c(NC2C[C@@H]3CN(C[C@@H]4CCCOC4)C[C@H]3C2)nn1. The van der Waals surface area contributed by atoms with Crippen molar-refractivity contribution in [3.8, 4) is 11.3 Å². The van der Waals surface area contributed by atoms with E-state index in [1.807, 2.05) is 0 Å². The van der Waals surface area contributed by atoms with E-state index in [1.165, 1.54) is 24.6 Å². The monoisotopic (exact) mass is 478 g/mol. The molecule has 5 nitrogen and oxygen atoms in total. The molecule has 9 heteroatoms. The fourth-order valence-electron chi connectivity index (χ4n) is 5.89. The number of benzene rings is 1. The number of alkyl halides is 3. The van der Waals surface area contributed by atoms with Crippen molar-refractivity contribution >= 4 is 5.82 Å². The Labute approximate surface area is 196 Å². The van der Waals surface area contributed by atoms with Crippen molar-refractivity contribution in [2.24, 2.45) is 17.8 Å². The first-order valence-corrected chi connectivity index (χ1v) is 12.0. The molecule has 3 atom stereocenters. The molecule has 2 aliphatic heterocycles. The van der Waals surface area contributed by atoms with Crippen LogP contribution in [0.2, 0.25) is 0 Å². The van der Waals surface area contributed by atoms with Crippen LogP contribution in [-0.4, -0.2) is 54.0 Å². The zero-order chi connectivity index (χ0) is 23.9. The first-order valence-electron chi connectivity index (χ1n) is 12.0. The Morgan fingerprint density at radius 2 is 1.88 bits per heavy atom. The second kappa shape index (κ2) is 9.41. The summed E-state index contributed by atoms with van der Waals surface area (Å²) in [7, 11) is 0. The average molecular weight is 479 g/mol. The van der Waals surface area contributed by atoms with Crippen molar-refractivity contribution in [1.82, 2.24) is 15.1 Å². The molecule has 1 aromatic carbocycles. The molecule has 0 amide bonds. The van der Waals surface area contributed by atoms with Gasteiger partial charge in [-0.05, 0) is 74.1 Å². The number of aryl methyl sites for hydroxylation is 1. The topological polar surface area (TPSA) is 50.3 Å². The zero-order valence-electron chi connectivity index (χ0n) is 19.2. The molecule has 3 heterocycles. The van der Waals surface area contributed by atoms with Crippen LogP contribution in [0, 0.1) is 30.5 Å². The second-order valence-corrected chi connectivity index (χ2v) is 10.1. The predicted molar refractivity (Wildman–Crippen MR) is 121 cm³/mol. The van der Waals surface area contributed by atoms with E-state index in [0.29, 0.717) is 28.9 Å². The van der Waals surface area contributed by atoms with Gasteiger partial charge >= 0.3 is 6.18 Å². The minimum Gasteiger partial charge on any atom is -0.381 e. The molecule has 0 bridgehead atoms. The van der Waals surface area contributed by atoms with Crippen LogP contribution < -0.4 is 5.32 Å². The van der Waals surface area contributed by atoms with Gasteiger partial charge in [-0.1, -0.05) is 6.07 Å². The van der Waals surface area contributed by atoms with Gasteiger partial charge in [-0.15, -0.1) is 10.2 Å². The molecule has 0 spiro atoms. The Morgan fingerprint density at radius 1 is 1.12 bits per heavy atom. The van der Waals surface area contributed by atoms with Crippen LogP contribution in [0.1, 0.15) is 36.8 Å². The summed E-state index contributed by atoms with van der Waals surface area (Å²) in [6, 6.07) is 4.89. The van der Waals surface area contributed by atoms with Crippen LogP contribution >= 0.6 is 0 Å². The summed E-state index contributed by atoms with van der Waals surface area (Å²) in [5.74, 6) is 0.788. The van der Waals surface area contributed by atoms with Crippen LogP contribution in [0.15, 0.2) is 24.3 Å². The number of ether oxygens (including phenoxy) is 1. The summed E-state index contributed by atoms with van der Waals surface area (Å²) in [6.45, 7) is 6.44. The lowest BCUT2D eigenvalue weighted by atomic mass is 10.0. The van der Waals surface area contributed by atoms with Crippen LogP contribution in [0.3, 0.4) is 0 Å². The van der Waals surface area contributed by atoms with E-state index in [9.17, 15) is 17.6 Å². The molecule has 1 N–H and O–H groups in total. The highest BCUT2D eigenvalue weighted by Gasteiger charge is 2.43. The van der Waals surface area contributed by atoms with E-state index >= 15 is 0 Å². The van der Waals surface area contributed by atoms with Gasteiger partial charge in [0.1, 0.15) is 11.4 Å². The van der Waals surface area contributed by atoms with Gasteiger partial charge in [0.15, 0.2) is 5.82 Å². The molecule has 1 saturated carbocycles. The van der Waals surface area contributed by atoms with Gasteiger partial charge in [0, 0.05) is 37.8 Å². The third-order valence-electron chi connectivity index (χ3n) is 7.51. The minimum absolute atomic E-state index is 0.0144. The Kier molecular flexibility index (Phi) is 6.50. The number of nitrogens with one attached hydrogen (secondary N) is 1. The Bertz CT molecular complexity index is 1010. The first-order chi connectivity index (χ1) is 16.3. The summed E-state index contributed by atoms with van der Waals surface area (Å²) in [6.07, 6.45) is -0.614. The van der Waals surface area contributed by atoms with Crippen molar-refractivity contribution in [3.63, 3.8) is 0 Å². The quantitative estimate of drug-likeness (QED) is 0.602. The molecule has 3 aliphatic rings. The third-order valence-corrected chi connectivity index (χ3v) is 7.51. The van der Waals surface area contributed by atoms with E-state index in [2.05, 4.69) is 20.4 Å². The van der Waals surface area contributed by atoms with Gasteiger partial charge in [0.05, 0.1) is 12.3 Å². The molecule has 0 radical (unpaired) electrons. The van der Waals surface area contributed by atoms with Gasteiger partial charge < -0.3 is 15.0 Å². The third kappa shape index (κ3) is 5.05. The molecular formula is C25H30F4N4O. The van der Waals surface area contributed by atoms with Crippen molar-refractivity contribution < 1.29 is 22.3 Å². The molecule has 1 aliphatic carbocycles. The van der Waals surface area contributed by atoms with Gasteiger partial charge in [-0.2, -0.15) is 13.2 Å². The highest BCUT2D eigenvalue weighted by Crippen LogP contribution is 2.42. The molecule has 34 heavy (non-hydrogen) atoms. The summed E-state index contributed by atoms with van der Waals surface area (Å²) in [5.41, 5.74) is 0.0959. The lowest BCUT2D eigenvalue weighted by Gasteiger charge is -2.28. The van der Waals surface area contributed by atoms with Gasteiger partial charge in [0.25, 0.3) is 0 Å². The van der Waals surface area contributed by atoms with Gasteiger partial charge in [-0.25, -0.2) is 4.39 Å². The van der Waals surface area contributed by atoms with Gasteiger partial charge in [0.2, 0.25) is 0 Å². The van der Waals surface area contributed by atoms with Crippen molar-refractivity contribution in [3.05, 3.63) is 41.2 Å². The van der Waals surface area contributed by atoms with E-state index in [1.54, 1.807) is 6.92 Å². The molecule has 5 rings (SSSR count). The number of likely N-dealkylation sites (tertiary alicyclic amines) is 1. The fourth-order valence-corrected chi connectivity index (χ4v) is 5.89. The maximum absolute atomic E-state index is 13.9. The summed E-state index contributed by atoms with van der Waals surface area (Å²) in [5, 5.41) is 11.0. The number of anilines is 1. The van der Waals surface area contributed by atoms with Crippen LogP contribution in [0.25, 0.3) is 11.3 Å². The maximum atomic E-state index is 13.9. The number of halogens is 4. The highest BCUT2D eigenvalue weighted by atomic mass is 19.4. The second-order valence-electron chi connectivity index (χ2n) is 10.1. The van der Waals surface area contributed by atoms with Gasteiger partial charge in [-0.3, -0.25) is 0 Å². The molecule has 2 saturated heterocycles. The Hall–Kier alpha value is -2.26. The lowest BCUT2D eigenvalue weighted by Crippen LogP contribution is -2.33. The minimum atomic E-state index is -4.60. The Balaban J connectivity index is 1.26. The largest absolute Gasteiger partial charge is 0.420 e. The average Bonchev–Trinajstić information content (AvgIpc) is 3.33. The normalized spacial score (nSPS) is 26.1. The smallest absolute Gasteiger partial charge is 0.381 e. The van der Waals surface area contributed by atoms with Crippen molar-refractivity contribution in [1.29, 1.82) is 0 Å². The number of nitrogens with zero attached hydrogens (tertiary/aromatic N) is 3. The van der Waals surface area contributed by atoms with E-state index in [0.717, 1.165) is 58.2 Å². The zero-order valence-corrected chi connectivity index (χ0v) is 19.2. The maximum Gasteiger partial charge on any atom is 0.420 e. The first kappa shape index (κ1) is 23.5. The summed E-state index contributed by atoms with van der Waals surface area (Å²) >= 11 is 0. The van der Waals surface area contributed by atoms with Crippen LogP contribution in [-0.2, 0) is 10.9 Å². The van der Waals surface area contributed by atoms with E-state index in [4.69, 9.17) is 4.74 Å². The highest BCUT2D eigenvalue weighted by molar-refractivity contribution is 5.65. The van der Waals surface area contributed by atoms with Crippen LogP contribution in [0.4, 0.5) is 23.4 Å². The molecule has 1 aromatic heterocycles. The molecule has 2 aromatic rings.